The molecule has 0 heterocycles. The molecule has 80 valence electrons. The number of hydrogen-bond donors (Lipinski definition) is 1. The minimum absolute atomic E-state index is 0.0000709. The van der Waals surface area contributed by atoms with Crippen LogP contribution in [0.1, 0.15) is 6.92 Å². The van der Waals surface area contributed by atoms with Crippen molar-refractivity contribution in [3.05, 3.63) is 0 Å². The predicted molar refractivity (Wildman–Crippen MR) is 47.5 cm³/mol. The smallest absolute Gasteiger partial charge is 0.302 e. The molecule has 0 unspecified atom stereocenters. The topological polar surface area (TPSA) is 65.0 Å². The summed E-state index contributed by atoms with van der Waals surface area (Å²) in [5.41, 5.74) is 0. The second-order valence-corrected chi connectivity index (χ2v) is 2.08. The van der Waals surface area contributed by atoms with Crippen LogP contribution in [0.25, 0.3) is 0 Å². The standard InChI is InChI=1S/C6H12O4.C2H6O/c1-6(8)10-5-4-9-3-2-7;1-3-2/h7H,2-5H2,1H3;1-2H3. The zero-order chi connectivity index (χ0) is 10.5. The zero-order valence-corrected chi connectivity index (χ0v) is 8.41. The van der Waals surface area contributed by atoms with Crippen molar-refractivity contribution in [3.63, 3.8) is 0 Å². The molecular formula is C8H18O5. The first-order chi connectivity index (χ1) is 6.18. The first-order valence-electron chi connectivity index (χ1n) is 3.91. The van der Waals surface area contributed by atoms with Crippen molar-refractivity contribution < 1.29 is 24.1 Å². The Bertz CT molecular complexity index is 105. The lowest BCUT2D eigenvalue weighted by Gasteiger charge is -2.01. The van der Waals surface area contributed by atoms with E-state index < -0.39 is 0 Å². The van der Waals surface area contributed by atoms with Gasteiger partial charge in [0.2, 0.25) is 0 Å². The van der Waals surface area contributed by atoms with E-state index >= 15 is 0 Å². The van der Waals surface area contributed by atoms with Gasteiger partial charge >= 0.3 is 5.97 Å². The molecule has 0 aromatic carbocycles. The fraction of sp³-hybridized carbons (Fsp3) is 0.875. The number of methoxy groups -OCH3 is 1. The van der Waals surface area contributed by atoms with E-state index in [1.54, 1.807) is 14.2 Å². The molecule has 0 saturated carbocycles. The van der Waals surface area contributed by atoms with Gasteiger partial charge in [0.25, 0.3) is 0 Å². The van der Waals surface area contributed by atoms with Gasteiger partial charge in [0, 0.05) is 21.1 Å². The molecule has 5 nitrogen and oxygen atoms in total. The first-order valence-corrected chi connectivity index (χ1v) is 3.91. The van der Waals surface area contributed by atoms with Gasteiger partial charge in [0.1, 0.15) is 6.61 Å². The molecule has 0 aromatic heterocycles. The largest absolute Gasteiger partial charge is 0.463 e. The van der Waals surface area contributed by atoms with Crippen LogP contribution >= 0.6 is 0 Å². The summed E-state index contributed by atoms with van der Waals surface area (Å²) in [6.45, 7) is 2.24. The van der Waals surface area contributed by atoms with Crippen LogP contribution < -0.4 is 0 Å². The monoisotopic (exact) mass is 194 g/mol. The van der Waals surface area contributed by atoms with Gasteiger partial charge in [-0.05, 0) is 0 Å². The fourth-order valence-corrected chi connectivity index (χ4v) is 0.411. The number of aliphatic hydroxyl groups excluding tert-OH is 1. The maximum atomic E-state index is 10.1. The van der Waals surface area contributed by atoms with Crippen LogP contribution in [0.5, 0.6) is 0 Å². The molecule has 0 aromatic rings. The van der Waals surface area contributed by atoms with Gasteiger partial charge in [0.05, 0.1) is 19.8 Å². The molecule has 0 aliphatic rings. The van der Waals surface area contributed by atoms with Crippen LogP contribution in [0.2, 0.25) is 0 Å². The van der Waals surface area contributed by atoms with E-state index in [1.807, 2.05) is 0 Å². The van der Waals surface area contributed by atoms with Crippen LogP contribution in [0, 0.1) is 0 Å². The summed E-state index contributed by atoms with van der Waals surface area (Å²) < 4.78 is 13.6. The third kappa shape index (κ3) is 24.6. The van der Waals surface area contributed by atoms with Crippen LogP contribution in [0.4, 0.5) is 0 Å². The van der Waals surface area contributed by atoms with Gasteiger partial charge < -0.3 is 19.3 Å². The fourth-order valence-electron chi connectivity index (χ4n) is 0.411. The van der Waals surface area contributed by atoms with E-state index in [0.717, 1.165) is 0 Å². The van der Waals surface area contributed by atoms with Gasteiger partial charge in [-0.2, -0.15) is 0 Å². The van der Waals surface area contributed by atoms with Crippen molar-refractivity contribution in [3.8, 4) is 0 Å². The van der Waals surface area contributed by atoms with E-state index in [2.05, 4.69) is 9.47 Å². The summed E-state index contributed by atoms with van der Waals surface area (Å²) in [5.74, 6) is -0.312. The van der Waals surface area contributed by atoms with Crippen LogP contribution in [-0.2, 0) is 19.0 Å². The Hall–Kier alpha value is -0.650. The maximum absolute atomic E-state index is 10.1. The summed E-state index contributed by atoms with van der Waals surface area (Å²) >= 11 is 0. The Morgan fingerprint density at radius 1 is 1.23 bits per heavy atom. The number of ether oxygens (including phenoxy) is 3. The third-order valence-electron chi connectivity index (χ3n) is 0.769. The number of carbonyl (C=O) groups excluding carboxylic acids is 1. The van der Waals surface area contributed by atoms with Gasteiger partial charge in [-0.3, -0.25) is 4.79 Å². The van der Waals surface area contributed by atoms with E-state index in [1.165, 1.54) is 6.92 Å². The first kappa shape index (κ1) is 14.9. The van der Waals surface area contributed by atoms with Crippen molar-refractivity contribution in [2.24, 2.45) is 0 Å². The molecule has 0 atom stereocenters. The highest BCUT2D eigenvalue weighted by atomic mass is 16.6. The highest BCUT2D eigenvalue weighted by molar-refractivity contribution is 5.65. The van der Waals surface area contributed by atoms with Crippen LogP contribution in [0.15, 0.2) is 0 Å². The SMILES string of the molecule is CC(=O)OCCOCCO.COC. The summed E-state index contributed by atoms with van der Waals surface area (Å²) in [4.78, 5) is 10.1. The Morgan fingerprint density at radius 3 is 2.15 bits per heavy atom. The summed E-state index contributed by atoms with van der Waals surface area (Å²) in [7, 11) is 3.25. The van der Waals surface area contributed by atoms with Crippen LogP contribution in [-0.4, -0.2) is 51.7 Å². The van der Waals surface area contributed by atoms with E-state index in [9.17, 15) is 4.79 Å². The zero-order valence-electron chi connectivity index (χ0n) is 8.41. The van der Waals surface area contributed by atoms with Crippen molar-refractivity contribution in [1.29, 1.82) is 0 Å². The normalized spacial score (nSPS) is 8.62. The van der Waals surface area contributed by atoms with Crippen molar-refractivity contribution in [2.45, 2.75) is 6.92 Å². The van der Waals surface area contributed by atoms with Gasteiger partial charge in [-0.1, -0.05) is 0 Å². The number of hydrogen-bond acceptors (Lipinski definition) is 5. The van der Waals surface area contributed by atoms with Gasteiger partial charge in [-0.15, -0.1) is 0 Å². The number of aliphatic hydroxyl groups is 1. The Labute approximate surface area is 78.6 Å². The molecule has 13 heavy (non-hydrogen) atoms. The second kappa shape index (κ2) is 13.9. The average Bonchev–Trinajstić information content (AvgIpc) is 2.05. The maximum Gasteiger partial charge on any atom is 0.302 e. The lowest BCUT2D eigenvalue weighted by Crippen LogP contribution is -2.09. The average molecular weight is 194 g/mol. The number of carbonyl (C=O) groups is 1. The summed E-state index contributed by atoms with van der Waals surface area (Å²) in [5, 5.41) is 8.24. The molecule has 0 spiro atoms. The molecule has 0 aliphatic heterocycles. The highest BCUT2D eigenvalue weighted by Gasteiger charge is 1.90. The van der Waals surface area contributed by atoms with Crippen molar-refractivity contribution >= 4 is 5.97 Å². The van der Waals surface area contributed by atoms with Crippen molar-refractivity contribution in [1.82, 2.24) is 0 Å². The molecule has 0 rings (SSSR count). The second-order valence-electron chi connectivity index (χ2n) is 2.08. The number of esters is 1. The van der Waals surface area contributed by atoms with E-state index in [-0.39, 0.29) is 19.2 Å². The molecule has 0 saturated heterocycles. The molecule has 0 fully saturated rings. The molecule has 0 aliphatic carbocycles. The molecule has 0 bridgehead atoms. The lowest BCUT2D eigenvalue weighted by molar-refractivity contribution is -0.142. The quantitative estimate of drug-likeness (QED) is 0.486. The van der Waals surface area contributed by atoms with Crippen LogP contribution in [0.3, 0.4) is 0 Å². The Balaban J connectivity index is 0. The lowest BCUT2D eigenvalue weighted by atomic mass is 10.7. The summed E-state index contributed by atoms with van der Waals surface area (Å²) in [6, 6.07) is 0. The third-order valence-corrected chi connectivity index (χ3v) is 0.769. The highest BCUT2D eigenvalue weighted by Crippen LogP contribution is 1.78. The summed E-state index contributed by atoms with van der Waals surface area (Å²) in [6.07, 6.45) is 0. The molecule has 1 N–H and O–H groups in total. The predicted octanol–water partition coefficient (Wildman–Crippen LogP) is -0.179. The molecule has 0 amide bonds. The number of rotatable bonds is 5. The van der Waals surface area contributed by atoms with Crippen molar-refractivity contribution in [2.75, 3.05) is 40.6 Å². The molecular weight excluding hydrogens is 176 g/mol. The van der Waals surface area contributed by atoms with E-state index in [4.69, 9.17) is 9.84 Å². The van der Waals surface area contributed by atoms with E-state index in [0.29, 0.717) is 13.2 Å². The molecule has 0 radical (unpaired) electrons. The molecule has 5 heteroatoms. The minimum Gasteiger partial charge on any atom is -0.463 e. The Kier molecular flexibility index (Phi) is 15.9. The van der Waals surface area contributed by atoms with Gasteiger partial charge in [-0.25, -0.2) is 0 Å². The van der Waals surface area contributed by atoms with Gasteiger partial charge in [0.15, 0.2) is 0 Å². The Morgan fingerprint density at radius 2 is 1.77 bits per heavy atom. The minimum atomic E-state index is -0.312.